The van der Waals surface area contributed by atoms with Gasteiger partial charge in [-0.25, -0.2) is 0 Å². The van der Waals surface area contributed by atoms with Crippen molar-refractivity contribution in [3.63, 3.8) is 0 Å². The molecule has 4 fully saturated rings. The van der Waals surface area contributed by atoms with Gasteiger partial charge in [-0.3, -0.25) is 14.5 Å². The third-order valence-corrected chi connectivity index (χ3v) is 5.13. The summed E-state index contributed by atoms with van der Waals surface area (Å²) in [4.78, 5) is 27.7. The summed E-state index contributed by atoms with van der Waals surface area (Å²) in [5.41, 5.74) is 0. The summed E-state index contributed by atoms with van der Waals surface area (Å²) < 4.78 is 0. The van der Waals surface area contributed by atoms with Crippen molar-refractivity contribution in [2.75, 3.05) is 26.2 Å². The molecule has 106 valence electrons. The van der Waals surface area contributed by atoms with Gasteiger partial charge < -0.3 is 4.90 Å². The maximum Gasteiger partial charge on any atom is 0.229 e. The maximum atomic E-state index is 11.8. The lowest BCUT2D eigenvalue weighted by molar-refractivity contribution is -0.148. The Labute approximate surface area is 115 Å². The number of likely N-dealkylation sites (tertiary alicyclic amines) is 1. The van der Waals surface area contributed by atoms with Crippen molar-refractivity contribution in [2.24, 2.45) is 11.8 Å². The molecule has 2 amide bonds. The summed E-state index contributed by atoms with van der Waals surface area (Å²) >= 11 is 0. The second kappa shape index (κ2) is 5.61. The summed E-state index contributed by atoms with van der Waals surface area (Å²) in [5, 5.41) is 0. The van der Waals surface area contributed by atoms with Crippen molar-refractivity contribution in [1.29, 1.82) is 0 Å². The van der Waals surface area contributed by atoms with Crippen molar-refractivity contribution >= 4 is 11.8 Å². The van der Waals surface area contributed by atoms with Gasteiger partial charge in [0.15, 0.2) is 0 Å². The van der Waals surface area contributed by atoms with Gasteiger partial charge >= 0.3 is 0 Å². The minimum Gasteiger partial charge on any atom is -0.303 e. The average Bonchev–Trinajstić information content (AvgIpc) is 2.73. The molecule has 0 aromatic heterocycles. The Kier molecular flexibility index (Phi) is 3.87. The van der Waals surface area contributed by atoms with E-state index in [-0.39, 0.29) is 11.8 Å². The van der Waals surface area contributed by atoms with Crippen LogP contribution in [0.25, 0.3) is 0 Å². The molecular formula is C15H24N2O2. The number of carbonyl (C=O) groups is 2. The molecule has 19 heavy (non-hydrogen) atoms. The minimum absolute atomic E-state index is 0.0512. The third kappa shape index (κ3) is 2.83. The van der Waals surface area contributed by atoms with Crippen LogP contribution in [0, 0.1) is 11.8 Å². The van der Waals surface area contributed by atoms with Gasteiger partial charge in [0.05, 0.1) is 0 Å². The van der Waals surface area contributed by atoms with Crippen molar-refractivity contribution in [2.45, 2.75) is 44.9 Å². The van der Waals surface area contributed by atoms with Crippen molar-refractivity contribution in [1.82, 2.24) is 9.80 Å². The first-order valence-corrected chi connectivity index (χ1v) is 7.79. The molecule has 0 aliphatic carbocycles. The minimum atomic E-state index is 0.0512. The number of imide groups is 1. The fourth-order valence-corrected chi connectivity index (χ4v) is 3.99. The van der Waals surface area contributed by atoms with Gasteiger partial charge in [0.2, 0.25) is 11.8 Å². The molecule has 0 radical (unpaired) electrons. The zero-order valence-electron chi connectivity index (χ0n) is 11.6. The number of piperidine rings is 2. The number of amides is 2. The standard InChI is InChI=1S/C15H24N2O2/c18-14-4-1-5-15(19)17(14)10-7-13-11-16-8-2-3-12(13)6-9-16/h12-13H,1-11H2. The molecule has 4 heteroatoms. The van der Waals surface area contributed by atoms with Crippen LogP contribution in [0.1, 0.15) is 44.9 Å². The Hall–Kier alpha value is -0.900. The normalized spacial score (nSPS) is 35.6. The van der Waals surface area contributed by atoms with E-state index in [0.717, 1.165) is 18.8 Å². The summed E-state index contributed by atoms with van der Waals surface area (Å²) in [7, 11) is 0. The van der Waals surface area contributed by atoms with Crippen molar-refractivity contribution in [3.05, 3.63) is 0 Å². The molecule has 0 spiro atoms. The molecule has 0 aromatic rings. The average molecular weight is 264 g/mol. The Morgan fingerprint density at radius 2 is 1.79 bits per heavy atom. The lowest BCUT2D eigenvalue weighted by Gasteiger charge is -2.36. The van der Waals surface area contributed by atoms with Crippen LogP contribution in [0.4, 0.5) is 0 Å². The first-order chi connectivity index (χ1) is 9.24. The smallest absolute Gasteiger partial charge is 0.229 e. The van der Waals surface area contributed by atoms with Gasteiger partial charge in [-0.05, 0) is 57.0 Å². The summed E-state index contributed by atoms with van der Waals surface area (Å²) in [6, 6.07) is 0. The maximum absolute atomic E-state index is 11.8. The quantitative estimate of drug-likeness (QED) is 0.728. The van der Waals surface area contributed by atoms with Crippen molar-refractivity contribution in [3.8, 4) is 0 Å². The van der Waals surface area contributed by atoms with E-state index in [4.69, 9.17) is 0 Å². The monoisotopic (exact) mass is 264 g/mol. The molecule has 0 aromatic carbocycles. The molecule has 4 saturated heterocycles. The first kappa shape index (κ1) is 13.1. The Morgan fingerprint density at radius 1 is 1.00 bits per heavy atom. The van der Waals surface area contributed by atoms with Crippen LogP contribution in [-0.4, -0.2) is 47.8 Å². The van der Waals surface area contributed by atoms with E-state index in [2.05, 4.69) is 4.90 Å². The molecule has 4 heterocycles. The SMILES string of the molecule is O=C1CCCC(=O)N1CCC1CN2CCCC1CC2. The highest BCUT2D eigenvalue weighted by atomic mass is 16.2. The van der Waals surface area contributed by atoms with E-state index in [0.29, 0.717) is 25.3 Å². The van der Waals surface area contributed by atoms with Crippen LogP contribution in [0.2, 0.25) is 0 Å². The Bertz CT molecular complexity index is 349. The van der Waals surface area contributed by atoms with Crippen LogP contribution < -0.4 is 0 Å². The van der Waals surface area contributed by atoms with Crippen LogP contribution in [-0.2, 0) is 9.59 Å². The van der Waals surface area contributed by atoms with Gasteiger partial charge in [-0.1, -0.05) is 0 Å². The highest BCUT2D eigenvalue weighted by Gasteiger charge is 2.33. The topological polar surface area (TPSA) is 40.6 Å². The highest BCUT2D eigenvalue weighted by molar-refractivity contribution is 5.97. The molecule has 3 atom stereocenters. The largest absolute Gasteiger partial charge is 0.303 e. The summed E-state index contributed by atoms with van der Waals surface area (Å²) in [5.74, 6) is 1.62. The van der Waals surface area contributed by atoms with Gasteiger partial charge in [0.25, 0.3) is 0 Å². The van der Waals surface area contributed by atoms with E-state index in [1.54, 1.807) is 0 Å². The Balaban J connectivity index is 1.56. The fourth-order valence-electron chi connectivity index (χ4n) is 3.99. The van der Waals surface area contributed by atoms with Crippen LogP contribution in [0.15, 0.2) is 0 Å². The molecule has 2 bridgehead atoms. The predicted molar refractivity (Wildman–Crippen MR) is 72.5 cm³/mol. The molecule has 4 rings (SSSR count). The zero-order chi connectivity index (χ0) is 13.2. The van der Waals surface area contributed by atoms with E-state index in [1.165, 1.54) is 43.8 Å². The number of fused-ring (bicyclic) bond motifs is 4. The van der Waals surface area contributed by atoms with E-state index < -0.39 is 0 Å². The second-order valence-corrected chi connectivity index (χ2v) is 6.33. The number of hydrogen-bond donors (Lipinski definition) is 0. The number of carbonyl (C=O) groups excluding carboxylic acids is 2. The molecule has 3 unspecified atom stereocenters. The third-order valence-electron chi connectivity index (χ3n) is 5.13. The highest BCUT2D eigenvalue weighted by Crippen LogP contribution is 2.33. The van der Waals surface area contributed by atoms with Gasteiger partial charge in [0.1, 0.15) is 0 Å². The molecular weight excluding hydrogens is 240 g/mol. The lowest BCUT2D eigenvalue weighted by Crippen LogP contribution is -2.43. The van der Waals surface area contributed by atoms with Crippen molar-refractivity contribution < 1.29 is 9.59 Å². The second-order valence-electron chi connectivity index (χ2n) is 6.33. The summed E-state index contributed by atoms with van der Waals surface area (Å²) in [6.45, 7) is 4.34. The van der Waals surface area contributed by atoms with E-state index in [1.807, 2.05) is 0 Å². The summed E-state index contributed by atoms with van der Waals surface area (Å²) in [6.07, 6.45) is 6.85. The van der Waals surface area contributed by atoms with Crippen LogP contribution in [0.5, 0.6) is 0 Å². The molecule has 0 N–H and O–H groups in total. The van der Waals surface area contributed by atoms with Gasteiger partial charge in [0, 0.05) is 25.9 Å². The van der Waals surface area contributed by atoms with Crippen LogP contribution >= 0.6 is 0 Å². The van der Waals surface area contributed by atoms with Gasteiger partial charge in [-0.15, -0.1) is 0 Å². The van der Waals surface area contributed by atoms with Crippen LogP contribution in [0.3, 0.4) is 0 Å². The molecule has 0 saturated carbocycles. The molecule has 4 aliphatic heterocycles. The molecule has 4 aliphatic rings. The fraction of sp³-hybridized carbons (Fsp3) is 0.867. The number of rotatable bonds is 3. The van der Waals surface area contributed by atoms with E-state index in [9.17, 15) is 9.59 Å². The predicted octanol–water partition coefficient (Wildman–Crippen LogP) is 1.65. The van der Waals surface area contributed by atoms with Gasteiger partial charge in [-0.2, -0.15) is 0 Å². The number of nitrogens with zero attached hydrogens (tertiary/aromatic N) is 2. The lowest BCUT2D eigenvalue weighted by atomic mass is 9.82. The Morgan fingerprint density at radius 3 is 2.58 bits per heavy atom. The first-order valence-electron chi connectivity index (χ1n) is 7.79. The van der Waals surface area contributed by atoms with E-state index >= 15 is 0 Å². The molecule has 4 nitrogen and oxygen atoms in total. The number of hydrogen-bond acceptors (Lipinski definition) is 3. The zero-order valence-corrected chi connectivity index (χ0v) is 11.6.